The smallest absolute Gasteiger partial charge is 0.205 e. The van der Waals surface area contributed by atoms with Gasteiger partial charge in [0.25, 0.3) is 0 Å². The van der Waals surface area contributed by atoms with Crippen LogP contribution in [-0.4, -0.2) is 12.9 Å². The summed E-state index contributed by atoms with van der Waals surface area (Å²) in [6.45, 7) is 0. The van der Waals surface area contributed by atoms with Gasteiger partial charge in [0.1, 0.15) is 33.1 Å². The average Bonchev–Trinajstić information content (AvgIpc) is 2.98. The minimum absolute atomic E-state index is 0.128. The number of halogens is 1. The lowest BCUT2D eigenvalue weighted by atomic mass is 10.1. The van der Waals surface area contributed by atoms with E-state index in [4.69, 9.17) is 10.5 Å². The number of methoxy groups -OCH3 is 1. The van der Waals surface area contributed by atoms with Crippen LogP contribution < -0.4 is 15.8 Å². The maximum atomic E-state index is 13.0. The summed E-state index contributed by atoms with van der Waals surface area (Å²) in [6, 6.07) is 14.3. The van der Waals surface area contributed by atoms with Crippen LogP contribution >= 0.6 is 11.3 Å². The highest BCUT2D eigenvalue weighted by Gasteiger charge is 2.22. The Hall–Kier alpha value is -3.37. The topological polar surface area (TPSA) is 88.1 Å². The van der Waals surface area contributed by atoms with Gasteiger partial charge in [-0.2, -0.15) is 5.26 Å². The van der Waals surface area contributed by atoms with Crippen molar-refractivity contribution in [3.63, 3.8) is 0 Å². The fourth-order valence-electron chi connectivity index (χ4n) is 2.35. The molecule has 0 aliphatic heterocycles. The van der Waals surface area contributed by atoms with Gasteiger partial charge in [0.05, 0.1) is 12.8 Å². The first-order chi connectivity index (χ1) is 12.5. The molecule has 2 aromatic carbocycles. The van der Waals surface area contributed by atoms with Crippen molar-refractivity contribution in [2.24, 2.45) is 0 Å². The summed E-state index contributed by atoms with van der Waals surface area (Å²) in [4.78, 5) is 13.0. The number of benzene rings is 2. The van der Waals surface area contributed by atoms with Gasteiger partial charge in [-0.1, -0.05) is 0 Å². The quantitative estimate of drug-likeness (QED) is 0.656. The van der Waals surface area contributed by atoms with E-state index in [2.05, 4.69) is 5.32 Å². The average molecular weight is 367 g/mol. The first kappa shape index (κ1) is 17.5. The molecule has 0 spiro atoms. The SMILES string of the molecule is COc1ccc(C(=O)c2sc(Nc3ccc(F)cc3)c(C#N)c2N)cc1. The summed E-state index contributed by atoms with van der Waals surface area (Å²) >= 11 is 1.09. The molecule has 0 fully saturated rings. The number of ketones is 1. The number of nitrogens with zero attached hydrogens (tertiary/aromatic N) is 1. The van der Waals surface area contributed by atoms with E-state index in [-0.39, 0.29) is 27.7 Å². The number of anilines is 3. The van der Waals surface area contributed by atoms with Gasteiger partial charge in [-0.05, 0) is 48.5 Å². The highest BCUT2D eigenvalue weighted by Crippen LogP contribution is 2.38. The molecule has 0 atom stereocenters. The second-order valence-corrected chi connectivity index (χ2v) is 6.37. The number of rotatable bonds is 5. The summed E-state index contributed by atoms with van der Waals surface area (Å²) in [5.74, 6) is -0.00647. The summed E-state index contributed by atoms with van der Waals surface area (Å²) in [5, 5.41) is 12.9. The molecule has 26 heavy (non-hydrogen) atoms. The Morgan fingerprint density at radius 1 is 1.19 bits per heavy atom. The van der Waals surface area contributed by atoms with Crippen molar-refractivity contribution in [2.75, 3.05) is 18.2 Å². The molecule has 0 bridgehead atoms. The molecule has 130 valence electrons. The van der Waals surface area contributed by atoms with Crippen molar-refractivity contribution in [2.45, 2.75) is 0 Å². The van der Waals surface area contributed by atoms with E-state index < -0.39 is 0 Å². The third-order valence-electron chi connectivity index (χ3n) is 3.72. The Morgan fingerprint density at radius 2 is 1.85 bits per heavy atom. The third-order valence-corrected chi connectivity index (χ3v) is 4.84. The van der Waals surface area contributed by atoms with Crippen LogP contribution in [0.1, 0.15) is 20.8 Å². The Balaban J connectivity index is 1.95. The van der Waals surface area contributed by atoms with E-state index in [9.17, 15) is 14.4 Å². The monoisotopic (exact) mass is 367 g/mol. The lowest BCUT2D eigenvalue weighted by Gasteiger charge is -2.03. The second-order valence-electron chi connectivity index (χ2n) is 5.35. The first-order valence-corrected chi connectivity index (χ1v) is 8.39. The van der Waals surface area contributed by atoms with Crippen molar-refractivity contribution in [3.8, 4) is 11.8 Å². The lowest BCUT2D eigenvalue weighted by Crippen LogP contribution is -2.02. The molecule has 0 aliphatic carbocycles. The fourth-order valence-corrected chi connectivity index (χ4v) is 3.40. The summed E-state index contributed by atoms with van der Waals surface area (Å²) in [5.41, 5.74) is 7.38. The number of carbonyl (C=O) groups is 1. The zero-order valence-corrected chi connectivity index (χ0v) is 14.6. The molecule has 3 rings (SSSR count). The predicted molar refractivity (Wildman–Crippen MR) is 99.6 cm³/mol. The van der Waals surface area contributed by atoms with Crippen LogP contribution in [0.25, 0.3) is 0 Å². The zero-order valence-electron chi connectivity index (χ0n) is 13.7. The van der Waals surface area contributed by atoms with Crippen LogP contribution in [0, 0.1) is 17.1 Å². The number of ether oxygens (including phenoxy) is 1. The van der Waals surface area contributed by atoms with Gasteiger partial charge in [0, 0.05) is 11.3 Å². The Bertz CT molecular complexity index is 989. The number of carbonyl (C=O) groups excluding carboxylic acids is 1. The van der Waals surface area contributed by atoms with Gasteiger partial charge in [-0.3, -0.25) is 4.79 Å². The van der Waals surface area contributed by atoms with E-state index in [0.29, 0.717) is 22.0 Å². The van der Waals surface area contributed by atoms with Crippen molar-refractivity contribution in [1.29, 1.82) is 5.26 Å². The van der Waals surface area contributed by atoms with Crippen LogP contribution in [0.2, 0.25) is 0 Å². The number of hydrogen-bond acceptors (Lipinski definition) is 6. The Morgan fingerprint density at radius 3 is 2.42 bits per heavy atom. The molecule has 0 saturated carbocycles. The molecule has 1 aromatic heterocycles. The molecule has 0 saturated heterocycles. The van der Waals surface area contributed by atoms with Gasteiger partial charge in [0.15, 0.2) is 0 Å². The number of nitrogens with two attached hydrogens (primary N) is 1. The molecular formula is C19H14FN3O2S. The number of nitrogen functional groups attached to an aromatic ring is 1. The maximum Gasteiger partial charge on any atom is 0.205 e. The summed E-state index contributed by atoms with van der Waals surface area (Å²) in [6.07, 6.45) is 0. The molecule has 1 heterocycles. The Labute approximate surface area is 153 Å². The number of nitriles is 1. The first-order valence-electron chi connectivity index (χ1n) is 7.57. The van der Waals surface area contributed by atoms with Gasteiger partial charge in [-0.15, -0.1) is 11.3 Å². The minimum Gasteiger partial charge on any atom is -0.497 e. The van der Waals surface area contributed by atoms with E-state index in [1.54, 1.807) is 31.4 Å². The molecular weight excluding hydrogens is 353 g/mol. The van der Waals surface area contributed by atoms with Gasteiger partial charge in [0.2, 0.25) is 5.78 Å². The van der Waals surface area contributed by atoms with E-state index in [1.807, 2.05) is 6.07 Å². The highest BCUT2D eigenvalue weighted by atomic mass is 32.1. The van der Waals surface area contributed by atoms with Crippen molar-refractivity contribution < 1.29 is 13.9 Å². The largest absolute Gasteiger partial charge is 0.497 e. The molecule has 5 nitrogen and oxygen atoms in total. The lowest BCUT2D eigenvalue weighted by molar-refractivity contribution is 0.104. The van der Waals surface area contributed by atoms with Crippen molar-refractivity contribution in [1.82, 2.24) is 0 Å². The normalized spacial score (nSPS) is 10.2. The maximum absolute atomic E-state index is 13.0. The highest BCUT2D eigenvalue weighted by molar-refractivity contribution is 7.19. The molecule has 0 aliphatic rings. The zero-order chi connectivity index (χ0) is 18.7. The minimum atomic E-state index is -0.364. The predicted octanol–water partition coefficient (Wildman–Crippen LogP) is 4.32. The van der Waals surface area contributed by atoms with Crippen LogP contribution in [0.4, 0.5) is 20.8 Å². The summed E-state index contributed by atoms with van der Waals surface area (Å²) < 4.78 is 18.1. The fraction of sp³-hybridized carbons (Fsp3) is 0.0526. The second kappa shape index (κ2) is 7.25. The van der Waals surface area contributed by atoms with E-state index >= 15 is 0 Å². The van der Waals surface area contributed by atoms with Crippen molar-refractivity contribution >= 4 is 33.5 Å². The van der Waals surface area contributed by atoms with Crippen LogP contribution in [0.5, 0.6) is 5.75 Å². The molecule has 0 radical (unpaired) electrons. The molecule has 3 aromatic rings. The Kier molecular flexibility index (Phi) is 4.87. The van der Waals surface area contributed by atoms with Gasteiger partial charge >= 0.3 is 0 Å². The third kappa shape index (κ3) is 3.36. The molecule has 7 heteroatoms. The molecule has 0 unspecified atom stereocenters. The number of nitrogens with one attached hydrogen (secondary N) is 1. The molecule has 0 amide bonds. The van der Waals surface area contributed by atoms with Gasteiger partial charge < -0.3 is 15.8 Å². The van der Waals surface area contributed by atoms with Gasteiger partial charge in [-0.25, -0.2) is 4.39 Å². The number of thiophene rings is 1. The summed E-state index contributed by atoms with van der Waals surface area (Å²) in [7, 11) is 1.54. The van der Waals surface area contributed by atoms with E-state index in [1.165, 1.54) is 24.3 Å². The van der Waals surface area contributed by atoms with Crippen LogP contribution in [0.15, 0.2) is 48.5 Å². The standard InChI is InChI=1S/C19H14FN3O2S/c1-25-14-8-2-11(3-9-14)17(24)18-16(22)15(10-21)19(26-18)23-13-6-4-12(20)5-7-13/h2-9,23H,22H2,1H3. The van der Waals surface area contributed by atoms with Crippen LogP contribution in [-0.2, 0) is 0 Å². The number of hydrogen-bond donors (Lipinski definition) is 2. The van der Waals surface area contributed by atoms with E-state index in [0.717, 1.165) is 11.3 Å². The molecule has 3 N–H and O–H groups in total. The van der Waals surface area contributed by atoms with Crippen molar-refractivity contribution in [3.05, 3.63) is 70.4 Å². The van der Waals surface area contributed by atoms with Crippen LogP contribution in [0.3, 0.4) is 0 Å².